The number of aromatic nitrogens is 2. The van der Waals surface area contributed by atoms with E-state index in [4.69, 9.17) is 0 Å². The molecule has 0 saturated heterocycles. The molecule has 1 fully saturated rings. The zero-order chi connectivity index (χ0) is 17.6. The van der Waals surface area contributed by atoms with Gasteiger partial charge in [0.1, 0.15) is 12.7 Å². The highest BCUT2D eigenvalue weighted by Gasteiger charge is 2.61. The molecule has 2 amide bonds. The van der Waals surface area contributed by atoms with Crippen LogP contribution in [-0.2, 0) is 10.2 Å². The summed E-state index contributed by atoms with van der Waals surface area (Å²) in [7, 11) is 0. The van der Waals surface area contributed by atoms with Gasteiger partial charge in [0.05, 0.1) is 0 Å². The minimum Gasteiger partial charge on any atom is -0.328 e. The van der Waals surface area contributed by atoms with E-state index in [0.29, 0.717) is 12.0 Å². The van der Waals surface area contributed by atoms with Crippen molar-refractivity contribution < 1.29 is 14.0 Å². The number of hydrogen-bond donors (Lipinski definition) is 1. The van der Waals surface area contributed by atoms with Crippen LogP contribution in [0.5, 0.6) is 0 Å². The highest BCUT2D eigenvalue weighted by molar-refractivity contribution is 14.1. The third-order valence-corrected chi connectivity index (χ3v) is 5.31. The van der Waals surface area contributed by atoms with Gasteiger partial charge in [0.2, 0.25) is 11.9 Å². The maximum atomic E-state index is 14.2. The SMILES string of the molecule is O=C(CN1C[C@@]2(C[C@@H]2F)c2cc(I)ccc2C1=O)Nc1ncccn1. The number of alkyl halides is 1. The summed E-state index contributed by atoms with van der Waals surface area (Å²) in [6.45, 7) is 0.0557. The predicted octanol–water partition coefficient (Wildman–Crippen LogP) is 2.16. The zero-order valence-electron chi connectivity index (χ0n) is 13.1. The largest absolute Gasteiger partial charge is 0.328 e. The highest BCUT2D eigenvalue weighted by Crippen LogP contribution is 2.54. The number of nitrogens with one attached hydrogen (secondary N) is 1. The molecule has 1 spiro atoms. The first kappa shape index (κ1) is 16.4. The number of fused-ring (bicyclic) bond motifs is 2. The Balaban J connectivity index is 1.57. The Hall–Kier alpha value is -2.10. The summed E-state index contributed by atoms with van der Waals surface area (Å²) in [4.78, 5) is 34.2. The van der Waals surface area contributed by atoms with Gasteiger partial charge in [-0.1, -0.05) is 0 Å². The van der Waals surface area contributed by atoms with Gasteiger partial charge in [-0.2, -0.15) is 0 Å². The lowest BCUT2D eigenvalue weighted by atomic mass is 9.86. The Kier molecular flexibility index (Phi) is 3.94. The normalized spacial score (nSPS) is 24.2. The molecule has 6 nitrogen and oxygen atoms in total. The van der Waals surface area contributed by atoms with Crippen LogP contribution in [0.25, 0.3) is 0 Å². The summed E-state index contributed by atoms with van der Waals surface area (Å²) in [5, 5.41) is 2.55. The molecule has 1 aliphatic heterocycles. The van der Waals surface area contributed by atoms with Gasteiger partial charge in [-0.15, -0.1) is 0 Å². The van der Waals surface area contributed by atoms with Gasteiger partial charge < -0.3 is 4.90 Å². The van der Waals surface area contributed by atoms with Crippen LogP contribution in [0.3, 0.4) is 0 Å². The number of carbonyl (C=O) groups is 2. The van der Waals surface area contributed by atoms with Crippen LogP contribution in [-0.4, -0.2) is 45.9 Å². The first-order chi connectivity index (χ1) is 12.0. The molecule has 0 radical (unpaired) electrons. The second kappa shape index (κ2) is 6.01. The molecule has 2 heterocycles. The van der Waals surface area contributed by atoms with Crippen LogP contribution in [0, 0.1) is 3.57 Å². The van der Waals surface area contributed by atoms with Crippen molar-refractivity contribution in [1.29, 1.82) is 0 Å². The topological polar surface area (TPSA) is 75.2 Å². The predicted molar refractivity (Wildman–Crippen MR) is 96.9 cm³/mol. The summed E-state index contributed by atoms with van der Waals surface area (Å²) in [6.07, 6.45) is 2.42. The van der Waals surface area contributed by atoms with Crippen molar-refractivity contribution >= 4 is 40.4 Å². The van der Waals surface area contributed by atoms with E-state index in [0.717, 1.165) is 9.13 Å². The maximum absolute atomic E-state index is 14.2. The van der Waals surface area contributed by atoms with Gasteiger partial charge in [0, 0.05) is 33.5 Å². The van der Waals surface area contributed by atoms with Gasteiger partial charge in [-0.3, -0.25) is 14.9 Å². The molecule has 2 aromatic rings. The van der Waals surface area contributed by atoms with Crippen LogP contribution in [0.4, 0.5) is 10.3 Å². The third kappa shape index (κ3) is 2.88. The van der Waals surface area contributed by atoms with E-state index in [2.05, 4.69) is 37.9 Å². The van der Waals surface area contributed by atoms with E-state index >= 15 is 0 Å². The molecule has 25 heavy (non-hydrogen) atoms. The van der Waals surface area contributed by atoms with Gasteiger partial charge in [0.25, 0.3) is 5.91 Å². The number of benzene rings is 1. The number of carbonyl (C=O) groups excluding carboxylic acids is 2. The molecule has 8 heteroatoms. The van der Waals surface area contributed by atoms with Crippen molar-refractivity contribution in [2.45, 2.75) is 18.0 Å². The molecule has 1 aliphatic carbocycles. The Morgan fingerprint density at radius 3 is 2.80 bits per heavy atom. The maximum Gasteiger partial charge on any atom is 0.254 e. The molecule has 1 aromatic heterocycles. The van der Waals surface area contributed by atoms with Crippen molar-refractivity contribution in [3.63, 3.8) is 0 Å². The fourth-order valence-electron chi connectivity index (χ4n) is 3.31. The number of halogens is 2. The van der Waals surface area contributed by atoms with Crippen LogP contribution >= 0.6 is 22.6 Å². The lowest BCUT2D eigenvalue weighted by Crippen LogP contribution is -2.47. The molecule has 1 N–H and O–H groups in total. The lowest BCUT2D eigenvalue weighted by molar-refractivity contribution is -0.117. The number of rotatable bonds is 3. The van der Waals surface area contributed by atoms with E-state index in [9.17, 15) is 14.0 Å². The Labute approximate surface area is 157 Å². The standard InChI is InChI=1S/C17H14FIN4O2/c18-13-7-17(13)9-23(8-14(24)22-16-20-4-1-5-21-16)15(25)11-3-2-10(19)6-12(11)17/h1-6,13H,7-9H2,(H,20,21,22,24)/t13-,17-/m0/s1. The molecular formula is C17H14FIN4O2. The average Bonchev–Trinajstić information content (AvgIpc) is 3.23. The zero-order valence-corrected chi connectivity index (χ0v) is 15.2. The second-order valence-electron chi connectivity index (χ2n) is 6.30. The Bertz CT molecular complexity index is 863. The van der Waals surface area contributed by atoms with E-state index in [-0.39, 0.29) is 24.9 Å². The first-order valence-corrected chi connectivity index (χ1v) is 8.88. The molecule has 2 aliphatic rings. The first-order valence-electron chi connectivity index (χ1n) is 7.80. The summed E-state index contributed by atoms with van der Waals surface area (Å²) in [5.41, 5.74) is 0.573. The molecule has 1 aromatic carbocycles. The number of hydrogen-bond acceptors (Lipinski definition) is 4. The van der Waals surface area contributed by atoms with E-state index in [1.165, 1.54) is 17.3 Å². The lowest BCUT2D eigenvalue weighted by Gasteiger charge is -2.34. The molecule has 128 valence electrons. The van der Waals surface area contributed by atoms with Crippen molar-refractivity contribution in [2.24, 2.45) is 0 Å². The van der Waals surface area contributed by atoms with Crippen LogP contribution < -0.4 is 5.32 Å². The summed E-state index contributed by atoms with van der Waals surface area (Å²) >= 11 is 2.16. The molecule has 1 saturated carbocycles. The molecule has 4 rings (SSSR count). The fourth-order valence-corrected chi connectivity index (χ4v) is 3.81. The Morgan fingerprint density at radius 1 is 1.40 bits per heavy atom. The van der Waals surface area contributed by atoms with E-state index in [1.807, 2.05) is 12.1 Å². The highest BCUT2D eigenvalue weighted by atomic mass is 127. The van der Waals surface area contributed by atoms with Crippen molar-refractivity contribution in [3.05, 3.63) is 51.4 Å². The van der Waals surface area contributed by atoms with E-state index < -0.39 is 17.5 Å². The minimum atomic E-state index is -0.986. The number of anilines is 1. The third-order valence-electron chi connectivity index (χ3n) is 4.64. The molecule has 0 bridgehead atoms. The van der Waals surface area contributed by atoms with Gasteiger partial charge in [-0.05, 0) is 58.8 Å². The van der Waals surface area contributed by atoms with Crippen molar-refractivity contribution in [3.8, 4) is 0 Å². The minimum absolute atomic E-state index is 0.156. The summed E-state index contributed by atoms with van der Waals surface area (Å²) in [5.74, 6) is -0.476. The monoisotopic (exact) mass is 452 g/mol. The Morgan fingerprint density at radius 2 is 2.12 bits per heavy atom. The average molecular weight is 452 g/mol. The molecule has 0 unspecified atom stereocenters. The smallest absolute Gasteiger partial charge is 0.254 e. The van der Waals surface area contributed by atoms with Crippen LogP contribution in [0.2, 0.25) is 0 Å². The summed E-state index contributed by atoms with van der Waals surface area (Å²) in [6, 6.07) is 7.06. The molecular weight excluding hydrogens is 438 g/mol. The van der Waals surface area contributed by atoms with Gasteiger partial charge in [-0.25, -0.2) is 14.4 Å². The van der Waals surface area contributed by atoms with Crippen LogP contribution in [0.15, 0.2) is 36.7 Å². The fraction of sp³-hybridized carbons (Fsp3) is 0.294. The number of nitrogens with zero attached hydrogens (tertiary/aromatic N) is 3. The van der Waals surface area contributed by atoms with E-state index in [1.54, 1.807) is 12.1 Å². The van der Waals surface area contributed by atoms with Crippen molar-refractivity contribution in [2.75, 3.05) is 18.4 Å². The van der Waals surface area contributed by atoms with Gasteiger partial charge in [0.15, 0.2) is 0 Å². The number of amides is 2. The second-order valence-corrected chi connectivity index (χ2v) is 7.55. The van der Waals surface area contributed by atoms with Crippen molar-refractivity contribution in [1.82, 2.24) is 14.9 Å². The summed E-state index contributed by atoms with van der Waals surface area (Å²) < 4.78 is 15.2. The quantitative estimate of drug-likeness (QED) is 0.725. The van der Waals surface area contributed by atoms with Gasteiger partial charge >= 0.3 is 0 Å². The molecule has 2 atom stereocenters. The van der Waals surface area contributed by atoms with Crippen LogP contribution in [0.1, 0.15) is 22.3 Å².